The van der Waals surface area contributed by atoms with Crippen molar-refractivity contribution in [2.45, 2.75) is 110 Å². The van der Waals surface area contributed by atoms with Crippen LogP contribution in [0.2, 0.25) is 0 Å². The summed E-state index contributed by atoms with van der Waals surface area (Å²) in [7, 11) is 0. The molecule has 0 aromatic heterocycles. The maximum absolute atomic E-state index is 14.8. The number of unbranched alkanes of at least 4 members (excludes halogenated alkanes) is 4. The summed E-state index contributed by atoms with van der Waals surface area (Å²) in [6.07, 6.45) is 17.3. The monoisotopic (exact) mass is 422 g/mol. The van der Waals surface area contributed by atoms with E-state index in [2.05, 4.69) is 50.2 Å². The first kappa shape index (κ1) is 24.0. The van der Waals surface area contributed by atoms with E-state index in [0.717, 1.165) is 24.3 Å². The Balaban J connectivity index is 1.46. The summed E-state index contributed by atoms with van der Waals surface area (Å²) >= 11 is 0. The minimum atomic E-state index is -0.00115. The highest BCUT2D eigenvalue weighted by atomic mass is 19.1. The van der Waals surface area contributed by atoms with Crippen LogP contribution >= 0.6 is 0 Å². The molecular formula is C30H43F. The normalized spacial score (nSPS) is 18.9. The van der Waals surface area contributed by atoms with E-state index in [9.17, 15) is 4.39 Å². The molecule has 0 saturated heterocycles. The average molecular weight is 423 g/mol. The molecule has 0 nitrogen and oxygen atoms in total. The second kappa shape index (κ2) is 13.0. The van der Waals surface area contributed by atoms with E-state index in [1.807, 2.05) is 6.07 Å². The highest BCUT2D eigenvalue weighted by Gasteiger charge is 2.22. The summed E-state index contributed by atoms with van der Waals surface area (Å²) in [5.41, 5.74) is 4.82. The van der Waals surface area contributed by atoms with E-state index in [0.29, 0.717) is 5.92 Å². The minimum absolute atomic E-state index is 0.00115. The zero-order valence-electron chi connectivity index (χ0n) is 20.0. The summed E-state index contributed by atoms with van der Waals surface area (Å²) < 4.78 is 14.8. The van der Waals surface area contributed by atoms with Crippen molar-refractivity contribution in [3.63, 3.8) is 0 Å². The molecule has 0 atom stereocenters. The third-order valence-electron chi connectivity index (χ3n) is 7.39. The Labute approximate surface area is 190 Å². The molecule has 1 aliphatic rings. The molecule has 1 fully saturated rings. The molecule has 0 spiro atoms. The number of benzene rings is 2. The van der Waals surface area contributed by atoms with E-state index in [1.54, 1.807) is 0 Å². The first-order chi connectivity index (χ1) is 15.2. The van der Waals surface area contributed by atoms with Gasteiger partial charge in [-0.05, 0) is 91.5 Å². The molecule has 0 bridgehead atoms. The quantitative estimate of drug-likeness (QED) is 0.299. The lowest BCUT2D eigenvalue weighted by Crippen LogP contribution is -2.13. The van der Waals surface area contributed by atoms with Crippen LogP contribution in [0.3, 0.4) is 0 Å². The van der Waals surface area contributed by atoms with E-state index in [1.165, 1.54) is 93.7 Å². The van der Waals surface area contributed by atoms with Gasteiger partial charge in [-0.2, -0.15) is 0 Å². The van der Waals surface area contributed by atoms with Gasteiger partial charge in [0.2, 0.25) is 0 Å². The largest absolute Gasteiger partial charge is 0.207 e. The fourth-order valence-corrected chi connectivity index (χ4v) is 5.22. The van der Waals surface area contributed by atoms with Gasteiger partial charge in [0.25, 0.3) is 0 Å². The SMILES string of the molecule is CCCCCc1ccc(CCc2ccc([C@H]3CC[C@H](CCCCC)CC3)cc2F)cc1. The summed E-state index contributed by atoms with van der Waals surface area (Å²) in [6, 6.07) is 15.1. The molecule has 0 N–H and O–H groups in total. The van der Waals surface area contributed by atoms with Crippen LogP contribution in [0.25, 0.3) is 0 Å². The van der Waals surface area contributed by atoms with Gasteiger partial charge in [-0.1, -0.05) is 88.8 Å². The summed E-state index contributed by atoms with van der Waals surface area (Å²) in [5, 5.41) is 0. The van der Waals surface area contributed by atoms with Crippen LogP contribution < -0.4 is 0 Å². The van der Waals surface area contributed by atoms with Crippen molar-refractivity contribution < 1.29 is 4.39 Å². The maximum atomic E-state index is 14.8. The van der Waals surface area contributed by atoms with E-state index in [4.69, 9.17) is 0 Å². The Bertz CT molecular complexity index is 752. The lowest BCUT2D eigenvalue weighted by atomic mass is 9.77. The van der Waals surface area contributed by atoms with Gasteiger partial charge >= 0.3 is 0 Å². The molecule has 0 radical (unpaired) electrons. The molecule has 1 heteroatoms. The van der Waals surface area contributed by atoms with Gasteiger partial charge in [0.05, 0.1) is 0 Å². The number of aryl methyl sites for hydroxylation is 3. The van der Waals surface area contributed by atoms with Crippen LogP contribution in [0.1, 0.15) is 113 Å². The molecule has 2 aromatic rings. The van der Waals surface area contributed by atoms with Gasteiger partial charge in [0.15, 0.2) is 0 Å². The van der Waals surface area contributed by atoms with Crippen LogP contribution in [-0.2, 0) is 19.3 Å². The van der Waals surface area contributed by atoms with Crippen molar-refractivity contribution in [2.24, 2.45) is 5.92 Å². The molecule has 1 saturated carbocycles. The van der Waals surface area contributed by atoms with E-state index >= 15 is 0 Å². The topological polar surface area (TPSA) is 0 Å². The number of halogens is 1. The first-order valence-corrected chi connectivity index (χ1v) is 13.1. The Morgan fingerprint density at radius 3 is 2.00 bits per heavy atom. The third kappa shape index (κ3) is 7.78. The molecule has 170 valence electrons. The number of hydrogen-bond acceptors (Lipinski definition) is 0. The molecule has 1 aliphatic carbocycles. The Hall–Kier alpha value is -1.63. The van der Waals surface area contributed by atoms with E-state index in [-0.39, 0.29) is 5.82 Å². The lowest BCUT2D eigenvalue weighted by Gasteiger charge is -2.29. The van der Waals surface area contributed by atoms with Crippen molar-refractivity contribution in [1.29, 1.82) is 0 Å². The summed E-state index contributed by atoms with van der Waals surface area (Å²) in [5.74, 6) is 1.47. The van der Waals surface area contributed by atoms with Crippen LogP contribution in [0.4, 0.5) is 4.39 Å². The van der Waals surface area contributed by atoms with Gasteiger partial charge in [0.1, 0.15) is 5.82 Å². The van der Waals surface area contributed by atoms with Crippen molar-refractivity contribution in [1.82, 2.24) is 0 Å². The standard InChI is InChI=1S/C30H43F/c1-3-5-7-9-24-11-13-26(14-12-24)17-20-28-21-22-29(23-30(28)31)27-18-15-25(16-19-27)10-8-6-4-2/h11-14,21-23,25,27H,3-10,15-20H2,1-2H3/t25-,27-. The second-order valence-electron chi connectivity index (χ2n) is 9.84. The predicted molar refractivity (Wildman–Crippen MR) is 132 cm³/mol. The zero-order chi connectivity index (χ0) is 21.9. The van der Waals surface area contributed by atoms with Gasteiger partial charge < -0.3 is 0 Å². The van der Waals surface area contributed by atoms with Crippen molar-refractivity contribution in [3.8, 4) is 0 Å². The Morgan fingerprint density at radius 1 is 0.710 bits per heavy atom. The van der Waals surface area contributed by atoms with Crippen LogP contribution in [-0.4, -0.2) is 0 Å². The second-order valence-corrected chi connectivity index (χ2v) is 9.84. The number of rotatable bonds is 12. The van der Waals surface area contributed by atoms with Gasteiger partial charge in [-0.15, -0.1) is 0 Å². The molecule has 31 heavy (non-hydrogen) atoms. The van der Waals surface area contributed by atoms with Gasteiger partial charge in [0, 0.05) is 0 Å². The molecular weight excluding hydrogens is 379 g/mol. The maximum Gasteiger partial charge on any atom is 0.126 e. The number of hydrogen-bond donors (Lipinski definition) is 0. The van der Waals surface area contributed by atoms with Crippen molar-refractivity contribution in [3.05, 3.63) is 70.5 Å². The Morgan fingerprint density at radius 2 is 1.35 bits per heavy atom. The smallest absolute Gasteiger partial charge is 0.126 e. The first-order valence-electron chi connectivity index (χ1n) is 13.1. The highest BCUT2D eigenvalue weighted by molar-refractivity contribution is 5.29. The molecule has 0 aliphatic heterocycles. The van der Waals surface area contributed by atoms with Crippen LogP contribution in [0.5, 0.6) is 0 Å². The zero-order valence-corrected chi connectivity index (χ0v) is 20.0. The lowest BCUT2D eigenvalue weighted by molar-refractivity contribution is 0.302. The Kier molecular flexibility index (Phi) is 10.1. The fourth-order valence-electron chi connectivity index (χ4n) is 5.22. The summed E-state index contributed by atoms with van der Waals surface area (Å²) in [4.78, 5) is 0. The van der Waals surface area contributed by atoms with Crippen LogP contribution in [0, 0.1) is 11.7 Å². The van der Waals surface area contributed by atoms with E-state index < -0.39 is 0 Å². The fraction of sp³-hybridized carbons (Fsp3) is 0.600. The molecule has 0 heterocycles. The molecule has 0 unspecified atom stereocenters. The molecule has 0 amide bonds. The van der Waals surface area contributed by atoms with Gasteiger partial charge in [-0.25, -0.2) is 4.39 Å². The molecule has 3 rings (SSSR count). The van der Waals surface area contributed by atoms with Crippen LogP contribution in [0.15, 0.2) is 42.5 Å². The third-order valence-corrected chi connectivity index (χ3v) is 7.39. The predicted octanol–water partition coefficient (Wildman–Crippen LogP) is 9.20. The molecule has 2 aromatic carbocycles. The minimum Gasteiger partial charge on any atom is -0.207 e. The highest BCUT2D eigenvalue weighted by Crippen LogP contribution is 2.38. The van der Waals surface area contributed by atoms with Gasteiger partial charge in [-0.3, -0.25) is 0 Å². The van der Waals surface area contributed by atoms with Crippen molar-refractivity contribution >= 4 is 0 Å². The van der Waals surface area contributed by atoms with Crippen molar-refractivity contribution in [2.75, 3.05) is 0 Å². The summed E-state index contributed by atoms with van der Waals surface area (Å²) in [6.45, 7) is 4.52. The average Bonchev–Trinajstić information content (AvgIpc) is 2.80.